The summed E-state index contributed by atoms with van der Waals surface area (Å²) >= 11 is 0. The molecule has 0 bridgehead atoms. The number of sulfone groups is 1. The van der Waals surface area contributed by atoms with Crippen LogP contribution in [0.5, 0.6) is 0 Å². The maximum Gasteiger partial charge on any atom is 0.229 e. The number of aromatic nitrogens is 4. The molecule has 0 spiro atoms. The summed E-state index contributed by atoms with van der Waals surface area (Å²) in [6.45, 7) is 0. The highest BCUT2D eigenvalue weighted by atomic mass is 32.2. The number of benzene rings is 2. The normalized spacial score (nSPS) is 12.6. The van der Waals surface area contributed by atoms with Crippen LogP contribution in [-0.2, 0) is 33.4 Å². The van der Waals surface area contributed by atoms with Crippen LogP contribution in [0.4, 0.5) is 23.1 Å². The third-order valence-corrected chi connectivity index (χ3v) is 6.83. The molecule has 1 unspecified atom stereocenters. The summed E-state index contributed by atoms with van der Waals surface area (Å²) in [4.78, 5) is 15.3. The largest absolute Gasteiger partial charge is 0.329 e. The van der Waals surface area contributed by atoms with Crippen molar-refractivity contribution in [3.05, 3.63) is 60.3 Å². The van der Waals surface area contributed by atoms with E-state index < -0.39 is 20.6 Å². The number of nitrogens with one attached hydrogen (secondary N) is 1. The Balaban J connectivity index is 1.55. The molecule has 2 heterocycles. The Morgan fingerprint density at radius 3 is 2.48 bits per heavy atom. The van der Waals surface area contributed by atoms with Gasteiger partial charge in [-0.2, -0.15) is 4.98 Å². The highest BCUT2D eigenvalue weighted by Gasteiger charge is 2.14. The lowest BCUT2D eigenvalue weighted by molar-refractivity contribution is 0.601. The Hall–Kier alpha value is -3.31. The number of fused-ring (bicyclic) bond motifs is 1. The summed E-state index contributed by atoms with van der Waals surface area (Å²) in [6.07, 6.45) is 4.49. The number of anilines is 4. The lowest BCUT2D eigenvalue weighted by atomic mass is 10.2. The summed E-state index contributed by atoms with van der Waals surface area (Å²) in [6, 6.07) is 14.8. The van der Waals surface area contributed by atoms with Crippen molar-refractivity contribution in [2.75, 3.05) is 29.8 Å². The zero-order valence-corrected chi connectivity index (χ0v) is 20.3. The minimum Gasteiger partial charge on any atom is -0.329 e. The van der Waals surface area contributed by atoms with Crippen molar-refractivity contribution in [2.45, 2.75) is 10.9 Å². The van der Waals surface area contributed by atoms with E-state index in [1.54, 1.807) is 42.8 Å². The number of rotatable bonds is 7. The molecule has 1 atom stereocenters. The fourth-order valence-electron chi connectivity index (χ4n) is 3.48. The van der Waals surface area contributed by atoms with Gasteiger partial charge in [0.15, 0.2) is 15.0 Å². The Bertz CT molecular complexity index is 1450. The first-order valence-electron chi connectivity index (χ1n) is 10.0. The predicted octanol–water partition coefficient (Wildman–Crippen LogP) is 3.16. The van der Waals surface area contributed by atoms with E-state index in [1.165, 1.54) is 6.26 Å². The van der Waals surface area contributed by atoms with E-state index in [0.717, 1.165) is 28.0 Å². The van der Waals surface area contributed by atoms with Crippen molar-refractivity contribution < 1.29 is 12.6 Å². The SMILES string of the molecule is CN(c1ccc2c(c1)nc(S(C)=O)n2C)c1ccnc(Nc2ccc(CS(C)(=O)=O)cc2)n1. The third kappa shape index (κ3) is 5.20. The second-order valence-electron chi connectivity index (χ2n) is 7.77. The summed E-state index contributed by atoms with van der Waals surface area (Å²) < 4.78 is 36.7. The molecule has 0 amide bonds. The van der Waals surface area contributed by atoms with Gasteiger partial charge in [0.05, 0.1) is 27.6 Å². The predicted molar refractivity (Wildman–Crippen MR) is 131 cm³/mol. The van der Waals surface area contributed by atoms with Gasteiger partial charge in [-0.15, -0.1) is 0 Å². The van der Waals surface area contributed by atoms with Crippen LogP contribution in [0.1, 0.15) is 5.56 Å². The average molecular weight is 485 g/mol. The lowest BCUT2D eigenvalue weighted by Crippen LogP contribution is -2.12. The van der Waals surface area contributed by atoms with Gasteiger partial charge < -0.3 is 14.8 Å². The van der Waals surface area contributed by atoms with Crippen LogP contribution in [0.15, 0.2) is 59.9 Å². The average Bonchev–Trinajstić information content (AvgIpc) is 3.10. The molecular weight excluding hydrogens is 460 g/mol. The van der Waals surface area contributed by atoms with E-state index in [9.17, 15) is 12.6 Å². The van der Waals surface area contributed by atoms with E-state index in [4.69, 9.17) is 0 Å². The van der Waals surface area contributed by atoms with Crippen molar-refractivity contribution in [1.82, 2.24) is 19.5 Å². The summed E-state index contributed by atoms with van der Waals surface area (Å²) in [7, 11) is -0.507. The summed E-state index contributed by atoms with van der Waals surface area (Å²) in [5.41, 5.74) is 4.01. The van der Waals surface area contributed by atoms with Crippen molar-refractivity contribution in [2.24, 2.45) is 7.05 Å². The zero-order chi connectivity index (χ0) is 23.8. The maximum atomic E-state index is 11.9. The maximum absolute atomic E-state index is 11.9. The molecule has 172 valence electrons. The Labute approximate surface area is 194 Å². The van der Waals surface area contributed by atoms with Gasteiger partial charge in [0.1, 0.15) is 5.82 Å². The Morgan fingerprint density at radius 1 is 1.09 bits per heavy atom. The van der Waals surface area contributed by atoms with E-state index in [-0.39, 0.29) is 5.75 Å². The molecule has 0 radical (unpaired) electrons. The number of imidazole rings is 1. The van der Waals surface area contributed by atoms with Crippen LogP contribution in [0.2, 0.25) is 0 Å². The molecule has 0 aliphatic carbocycles. The molecule has 4 rings (SSSR count). The van der Waals surface area contributed by atoms with Gasteiger partial charge in [-0.3, -0.25) is 4.21 Å². The molecule has 0 aliphatic heterocycles. The van der Waals surface area contributed by atoms with Crippen LogP contribution in [0.25, 0.3) is 11.0 Å². The van der Waals surface area contributed by atoms with Crippen LogP contribution in [-0.4, -0.2) is 51.7 Å². The molecule has 0 aliphatic rings. The van der Waals surface area contributed by atoms with Crippen molar-refractivity contribution in [3.63, 3.8) is 0 Å². The van der Waals surface area contributed by atoms with Gasteiger partial charge in [-0.1, -0.05) is 12.1 Å². The van der Waals surface area contributed by atoms with Gasteiger partial charge in [0, 0.05) is 44.2 Å². The van der Waals surface area contributed by atoms with Gasteiger partial charge in [-0.05, 0) is 42.0 Å². The Morgan fingerprint density at radius 2 is 1.82 bits per heavy atom. The Kier molecular flexibility index (Phi) is 6.17. The quantitative estimate of drug-likeness (QED) is 0.426. The fourth-order valence-corrected chi connectivity index (χ4v) is 4.99. The first kappa shape index (κ1) is 22.9. The summed E-state index contributed by atoms with van der Waals surface area (Å²) in [5.74, 6) is 1.09. The highest BCUT2D eigenvalue weighted by molar-refractivity contribution is 7.89. The summed E-state index contributed by atoms with van der Waals surface area (Å²) in [5, 5.41) is 3.67. The number of hydrogen-bond acceptors (Lipinski definition) is 8. The molecule has 0 saturated heterocycles. The van der Waals surface area contributed by atoms with Gasteiger partial charge in [0.2, 0.25) is 5.95 Å². The standard InChI is InChI=1S/C22H24N6O3S2/c1-27(17-9-10-19-18(13-17)25-22(28(19)2)32(3)29)20-11-12-23-21(26-20)24-16-7-5-15(6-8-16)14-33(4,30)31/h5-13H,14H2,1-4H3,(H,23,24,26). The molecule has 11 heteroatoms. The second kappa shape index (κ2) is 8.91. The molecule has 1 N–H and O–H groups in total. The minimum atomic E-state index is -3.08. The first-order valence-corrected chi connectivity index (χ1v) is 13.6. The third-order valence-electron chi connectivity index (χ3n) is 5.09. The van der Waals surface area contributed by atoms with Crippen LogP contribution in [0, 0.1) is 0 Å². The van der Waals surface area contributed by atoms with Gasteiger partial charge >= 0.3 is 0 Å². The number of aryl methyl sites for hydroxylation is 1. The van der Waals surface area contributed by atoms with Crippen molar-refractivity contribution >= 4 is 54.8 Å². The molecule has 9 nitrogen and oxygen atoms in total. The van der Waals surface area contributed by atoms with Crippen LogP contribution >= 0.6 is 0 Å². The lowest BCUT2D eigenvalue weighted by Gasteiger charge is -2.19. The van der Waals surface area contributed by atoms with Gasteiger partial charge in [0.25, 0.3) is 0 Å². The van der Waals surface area contributed by atoms with Crippen LogP contribution < -0.4 is 10.2 Å². The van der Waals surface area contributed by atoms with E-state index in [1.807, 2.05) is 41.8 Å². The molecular formula is C22H24N6O3S2. The van der Waals surface area contributed by atoms with Crippen molar-refractivity contribution in [3.8, 4) is 0 Å². The fraction of sp³-hybridized carbons (Fsp3) is 0.227. The number of hydrogen-bond donors (Lipinski definition) is 1. The van der Waals surface area contributed by atoms with Crippen LogP contribution in [0.3, 0.4) is 0 Å². The van der Waals surface area contributed by atoms with Gasteiger partial charge in [-0.25, -0.2) is 18.4 Å². The van der Waals surface area contributed by atoms with E-state index in [0.29, 0.717) is 16.9 Å². The molecule has 0 fully saturated rings. The molecule has 4 aromatic rings. The van der Waals surface area contributed by atoms with Crippen molar-refractivity contribution in [1.29, 1.82) is 0 Å². The molecule has 33 heavy (non-hydrogen) atoms. The monoisotopic (exact) mass is 484 g/mol. The molecule has 2 aromatic heterocycles. The topological polar surface area (TPSA) is 110 Å². The first-order chi connectivity index (χ1) is 15.6. The highest BCUT2D eigenvalue weighted by Crippen LogP contribution is 2.27. The minimum absolute atomic E-state index is 0.000332. The molecule has 2 aromatic carbocycles. The number of nitrogens with zero attached hydrogens (tertiary/aromatic N) is 5. The second-order valence-corrected chi connectivity index (χ2v) is 11.2. The van der Waals surface area contributed by atoms with E-state index in [2.05, 4.69) is 20.3 Å². The zero-order valence-electron chi connectivity index (χ0n) is 18.7. The molecule has 0 saturated carbocycles. The smallest absolute Gasteiger partial charge is 0.229 e. The van der Waals surface area contributed by atoms with E-state index >= 15 is 0 Å².